The molecule has 30 heavy (non-hydrogen) atoms. The minimum atomic E-state index is -0.376. The van der Waals surface area contributed by atoms with Crippen LogP contribution >= 0.6 is 0 Å². The number of nitrogen functional groups attached to an aromatic ring is 1. The molecule has 2 heterocycles. The van der Waals surface area contributed by atoms with Crippen LogP contribution < -0.4 is 16.9 Å². The number of nitrogens with two attached hydrogens (primary N) is 1. The van der Waals surface area contributed by atoms with Crippen LogP contribution in [0.3, 0.4) is 0 Å². The predicted molar refractivity (Wildman–Crippen MR) is 110 cm³/mol. The molecule has 0 aliphatic carbocycles. The van der Waals surface area contributed by atoms with Crippen LogP contribution in [0.15, 0.2) is 47.5 Å². The lowest BCUT2D eigenvalue weighted by Crippen LogP contribution is -2.23. The maximum Gasteiger partial charge on any atom is 0.349 e. The van der Waals surface area contributed by atoms with Crippen LogP contribution in [-0.4, -0.2) is 35.7 Å². The number of rotatable bonds is 10. The standard InChI is InChI=1S/C20H25N7O3/c21-18-10-12-26(20(29)22-18)13-15-6-8-16(9-7-15)17-14-27(25-23-17)11-4-2-1-3-5-19(28)24-30/h6-10,12,14,30H,1-5,11,13H2,(H,24,28)(H2,21,22,29). The molecule has 1 aromatic carbocycles. The topological polar surface area (TPSA) is 141 Å². The van der Waals surface area contributed by atoms with E-state index in [9.17, 15) is 9.59 Å². The van der Waals surface area contributed by atoms with E-state index in [0.29, 0.717) is 13.0 Å². The highest BCUT2D eigenvalue weighted by atomic mass is 16.5. The van der Waals surface area contributed by atoms with Crippen LogP contribution in [-0.2, 0) is 17.9 Å². The van der Waals surface area contributed by atoms with Crippen LogP contribution in [0.5, 0.6) is 0 Å². The number of aromatic nitrogens is 5. The molecule has 10 heteroatoms. The summed E-state index contributed by atoms with van der Waals surface area (Å²) < 4.78 is 3.31. The molecule has 158 valence electrons. The Balaban J connectivity index is 1.49. The second kappa shape index (κ2) is 10.3. The number of anilines is 1. The molecule has 0 radical (unpaired) electrons. The summed E-state index contributed by atoms with van der Waals surface area (Å²) in [5.74, 6) is -0.136. The molecule has 0 fully saturated rings. The minimum absolute atomic E-state index is 0.212. The molecule has 0 aliphatic heterocycles. The summed E-state index contributed by atoms with van der Waals surface area (Å²) in [5.41, 5.74) is 9.47. The molecule has 0 spiro atoms. The van der Waals surface area contributed by atoms with Crippen LogP contribution in [0.2, 0.25) is 0 Å². The number of unbranched alkanes of at least 4 members (excludes halogenated alkanes) is 3. The molecule has 0 saturated carbocycles. The molecule has 4 N–H and O–H groups in total. The third kappa shape index (κ3) is 5.98. The van der Waals surface area contributed by atoms with E-state index in [1.165, 1.54) is 4.57 Å². The summed E-state index contributed by atoms with van der Waals surface area (Å²) in [4.78, 5) is 26.5. The smallest absolute Gasteiger partial charge is 0.349 e. The van der Waals surface area contributed by atoms with Gasteiger partial charge >= 0.3 is 5.69 Å². The molecule has 2 aromatic heterocycles. The van der Waals surface area contributed by atoms with E-state index in [1.54, 1.807) is 17.7 Å². The van der Waals surface area contributed by atoms with Gasteiger partial charge in [0.1, 0.15) is 11.5 Å². The first-order valence-corrected chi connectivity index (χ1v) is 9.80. The summed E-state index contributed by atoms with van der Waals surface area (Å²) in [5, 5.41) is 16.8. The van der Waals surface area contributed by atoms with Crippen molar-refractivity contribution in [1.82, 2.24) is 30.0 Å². The van der Waals surface area contributed by atoms with E-state index in [-0.39, 0.29) is 17.4 Å². The van der Waals surface area contributed by atoms with Crippen molar-refractivity contribution in [1.29, 1.82) is 0 Å². The zero-order chi connectivity index (χ0) is 21.3. The first-order chi connectivity index (χ1) is 14.5. The highest BCUT2D eigenvalue weighted by Crippen LogP contribution is 2.17. The second-order valence-electron chi connectivity index (χ2n) is 7.03. The van der Waals surface area contributed by atoms with Gasteiger partial charge < -0.3 is 5.73 Å². The number of hydrogen-bond donors (Lipinski definition) is 3. The summed E-state index contributed by atoms with van der Waals surface area (Å²) >= 11 is 0. The Hall–Kier alpha value is -3.53. The van der Waals surface area contributed by atoms with Crippen molar-refractivity contribution in [3.8, 4) is 11.3 Å². The fourth-order valence-corrected chi connectivity index (χ4v) is 3.05. The van der Waals surface area contributed by atoms with Crippen LogP contribution in [0.4, 0.5) is 5.82 Å². The molecule has 0 atom stereocenters. The Morgan fingerprint density at radius 2 is 1.87 bits per heavy atom. The number of nitrogens with zero attached hydrogens (tertiary/aromatic N) is 5. The van der Waals surface area contributed by atoms with Gasteiger partial charge in [-0.05, 0) is 24.5 Å². The number of hydroxylamine groups is 1. The maximum atomic E-state index is 11.8. The summed E-state index contributed by atoms with van der Waals surface area (Å²) in [6.07, 6.45) is 7.45. The quantitative estimate of drug-likeness (QED) is 0.261. The fraction of sp³-hybridized carbons (Fsp3) is 0.350. The van der Waals surface area contributed by atoms with Crippen molar-refractivity contribution < 1.29 is 10.0 Å². The van der Waals surface area contributed by atoms with Crippen molar-refractivity contribution in [3.05, 3.63) is 58.8 Å². The van der Waals surface area contributed by atoms with Gasteiger partial charge in [0.25, 0.3) is 0 Å². The van der Waals surface area contributed by atoms with E-state index in [1.807, 2.05) is 35.1 Å². The third-order valence-corrected chi connectivity index (χ3v) is 4.70. The minimum Gasteiger partial charge on any atom is -0.383 e. The summed E-state index contributed by atoms with van der Waals surface area (Å²) in [7, 11) is 0. The number of nitrogens with one attached hydrogen (secondary N) is 1. The SMILES string of the molecule is Nc1ccn(Cc2ccc(-c3cn(CCCCCCC(=O)NO)nn3)cc2)c(=O)n1. The van der Waals surface area contributed by atoms with Crippen LogP contribution in [0.1, 0.15) is 37.7 Å². The number of carbonyl (C=O) groups is 1. The number of amides is 1. The van der Waals surface area contributed by atoms with Crippen molar-refractivity contribution >= 4 is 11.7 Å². The molecule has 3 rings (SSSR count). The Morgan fingerprint density at radius 1 is 1.10 bits per heavy atom. The summed E-state index contributed by atoms with van der Waals surface area (Å²) in [6, 6.07) is 9.39. The van der Waals surface area contributed by atoms with E-state index in [4.69, 9.17) is 10.9 Å². The number of benzene rings is 1. The fourth-order valence-electron chi connectivity index (χ4n) is 3.05. The van der Waals surface area contributed by atoms with Gasteiger partial charge in [0.15, 0.2) is 0 Å². The Labute approximate surface area is 173 Å². The van der Waals surface area contributed by atoms with E-state index >= 15 is 0 Å². The monoisotopic (exact) mass is 411 g/mol. The van der Waals surface area contributed by atoms with E-state index < -0.39 is 0 Å². The largest absolute Gasteiger partial charge is 0.383 e. The van der Waals surface area contributed by atoms with Crippen molar-refractivity contribution in [2.45, 2.75) is 45.2 Å². The predicted octanol–water partition coefficient (Wildman–Crippen LogP) is 1.59. The van der Waals surface area contributed by atoms with Gasteiger partial charge in [-0.25, -0.2) is 10.3 Å². The average molecular weight is 411 g/mol. The van der Waals surface area contributed by atoms with Crippen molar-refractivity contribution in [2.24, 2.45) is 0 Å². The van der Waals surface area contributed by atoms with Crippen LogP contribution in [0.25, 0.3) is 11.3 Å². The van der Waals surface area contributed by atoms with Gasteiger partial charge in [-0.15, -0.1) is 5.10 Å². The molecule has 3 aromatic rings. The zero-order valence-corrected chi connectivity index (χ0v) is 16.6. The summed E-state index contributed by atoms with van der Waals surface area (Å²) in [6.45, 7) is 1.17. The van der Waals surface area contributed by atoms with E-state index in [0.717, 1.165) is 49.0 Å². The van der Waals surface area contributed by atoms with Crippen molar-refractivity contribution in [3.63, 3.8) is 0 Å². The van der Waals surface area contributed by atoms with Gasteiger partial charge in [-0.1, -0.05) is 42.3 Å². The Kier molecular flexibility index (Phi) is 7.28. The highest BCUT2D eigenvalue weighted by Gasteiger charge is 2.06. The number of hydrogen-bond acceptors (Lipinski definition) is 7. The van der Waals surface area contributed by atoms with Crippen molar-refractivity contribution in [2.75, 3.05) is 5.73 Å². The second-order valence-corrected chi connectivity index (χ2v) is 7.03. The average Bonchev–Trinajstić information content (AvgIpc) is 3.22. The molecular weight excluding hydrogens is 386 g/mol. The zero-order valence-electron chi connectivity index (χ0n) is 16.6. The lowest BCUT2D eigenvalue weighted by atomic mass is 10.1. The highest BCUT2D eigenvalue weighted by molar-refractivity contribution is 5.74. The van der Waals surface area contributed by atoms with Gasteiger partial charge in [-0.3, -0.25) is 19.3 Å². The maximum absolute atomic E-state index is 11.8. The normalized spacial score (nSPS) is 10.8. The third-order valence-electron chi connectivity index (χ3n) is 4.70. The molecule has 0 bridgehead atoms. The molecule has 10 nitrogen and oxygen atoms in total. The Morgan fingerprint density at radius 3 is 2.60 bits per heavy atom. The van der Waals surface area contributed by atoms with Gasteiger partial charge in [0.05, 0.1) is 12.7 Å². The lowest BCUT2D eigenvalue weighted by molar-refractivity contribution is -0.129. The number of aryl methyl sites for hydroxylation is 1. The first-order valence-electron chi connectivity index (χ1n) is 9.80. The van der Waals surface area contributed by atoms with E-state index in [2.05, 4.69) is 15.3 Å². The lowest BCUT2D eigenvalue weighted by Gasteiger charge is -2.06. The molecule has 0 saturated heterocycles. The molecule has 0 unspecified atom stereocenters. The molecule has 1 amide bonds. The van der Waals surface area contributed by atoms with Gasteiger partial charge in [-0.2, -0.15) is 4.98 Å². The van der Waals surface area contributed by atoms with Gasteiger partial charge in [0, 0.05) is 24.7 Å². The van der Waals surface area contributed by atoms with Crippen LogP contribution in [0, 0.1) is 0 Å². The number of carbonyl (C=O) groups excluding carboxylic acids is 1. The van der Waals surface area contributed by atoms with Gasteiger partial charge in [0.2, 0.25) is 5.91 Å². The Bertz CT molecular complexity index is 1030. The first kappa shape index (κ1) is 21.2. The molecular formula is C20H25N7O3. The molecule has 0 aliphatic rings.